The topological polar surface area (TPSA) is 68.8 Å². The normalized spacial score (nSPS) is 10.6. The molecule has 1 aromatic carbocycles. The van der Waals surface area contributed by atoms with Crippen LogP contribution in [0.2, 0.25) is 0 Å². The summed E-state index contributed by atoms with van der Waals surface area (Å²) in [5, 5.41) is 14.5. The van der Waals surface area contributed by atoms with Gasteiger partial charge in [0.15, 0.2) is 0 Å². The molecule has 0 atom stereocenters. The van der Waals surface area contributed by atoms with Crippen molar-refractivity contribution in [3.05, 3.63) is 54.2 Å². The van der Waals surface area contributed by atoms with Crippen molar-refractivity contribution in [1.82, 2.24) is 20.2 Å². The molecule has 3 aromatic rings. The molecule has 0 amide bonds. The average molecular weight is 255 g/mol. The molecule has 0 aliphatic heterocycles. The maximum Gasteiger partial charge on any atom is 0.143 e. The molecule has 0 saturated heterocycles. The van der Waals surface area contributed by atoms with E-state index in [1.807, 2.05) is 37.3 Å². The third-order valence-electron chi connectivity index (χ3n) is 2.85. The zero-order chi connectivity index (χ0) is 13.1. The molecule has 6 nitrogen and oxygen atoms in total. The van der Waals surface area contributed by atoms with Gasteiger partial charge in [-0.1, -0.05) is 6.07 Å². The maximum atomic E-state index is 5.28. The van der Waals surface area contributed by atoms with E-state index in [-0.39, 0.29) is 0 Å². The first kappa shape index (κ1) is 11.5. The molecule has 0 bridgehead atoms. The Balaban J connectivity index is 1.81. The average Bonchev–Trinajstić information content (AvgIpc) is 3.11. The Hall–Kier alpha value is -2.63. The zero-order valence-corrected chi connectivity index (χ0v) is 10.4. The van der Waals surface area contributed by atoms with Gasteiger partial charge in [-0.15, -0.1) is 5.10 Å². The minimum absolute atomic E-state index is 0.644. The van der Waals surface area contributed by atoms with E-state index in [2.05, 4.69) is 20.8 Å². The highest BCUT2D eigenvalue weighted by Crippen LogP contribution is 2.18. The smallest absolute Gasteiger partial charge is 0.143 e. The van der Waals surface area contributed by atoms with Crippen molar-refractivity contribution in [3.63, 3.8) is 0 Å². The first-order valence-electron chi connectivity index (χ1n) is 5.93. The Labute approximate surface area is 110 Å². The Morgan fingerprint density at radius 1 is 1.32 bits per heavy atom. The number of aromatic nitrogens is 4. The lowest BCUT2D eigenvalue weighted by Gasteiger charge is -2.09. The molecule has 0 radical (unpaired) electrons. The third-order valence-corrected chi connectivity index (χ3v) is 2.85. The molecule has 2 heterocycles. The molecular formula is C13H13N5O. The summed E-state index contributed by atoms with van der Waals surface area (Å²) >= 11 is 0. The summed E-state index contributed by atoms with van der Waals surface area (Å²) in [5.74, 6) is 0.893. The summed E-state index contributed by atoms with van der Waals surface area (Å²) in [6, 6.07) is 9.87. The third kappa shape index (κ3) is 2.47. The van der Waals surface area contributed by atoms with Gasteiger partial charge in [0.2, 0.25) is 0 Å². The van der Waals surface area contributed by atoms with Gasteiger partial charge in [-0.25, -0.2) is 4.68 Å². The van der Waals surface area contributed by atoms with Gasteiger partial charge in [0, 0.05) is 5.69 Å². The summed E-state index contributed by atoms with van der Waals surface area (Å²) in [5.41, 5.74) is 3.05. The minimum atomic E-state index is 0.644. The van der Waals surface area contributed by atoms with E-state index in [4.69, 9.17) is 4.42 Å². The van der Waals surface area contributed by atoms with Gasteiger partial charge in [0.05, 0.1) is 18.5 Å². The van der Waals surface area contributed by atoms with Crippen LogP contribution in [0, 0.1) is 6.92 Å². The van der Waals surface area contributed by atoms with E-state index < -0.39 is 0 Å². The van der Waals surface area contributed by atoms with Crippen molar-refractivity contribution in [2.75, 3.05) is 5.32 Å². The quantitative estimate of drug-likeness (QED) is 0.773. The monoisotopic (exact) mass is 255 g/mol. The Bertz CT molecular complexity index is 646. The van der Waals surface area contributed by atoms with E-state index >= 15 is 0 Å². The number of hydrogen-bond donors (Lipinski definition) is 1. The number of hydrogen-bond acceptors (Lipinski definition) is 5. The van der Waals surface area contributed by atoms with Crippen molar-refractivity contribution in [2.24, 2.45) is 0 Å². The van der Waals surface area contributed by atoms with E-state index in [0.717, 1.165) is 22.7 Å². The fourth-order valence-corrected chi connectivity index (χ4v) is 1.84. The first-order valence-corrected chi connectivity index (χ1v) is 5.93. The summed E-state index contributed by atoms with van der Waals surface area (Å²) in [6.07, 6.45) is 3.25. The van der Waals surface area contributed by atoms with Gasteiger partial charge >= 0.3 is 0 Å². The van der Waals surface area contributed by atoms with Gasteiger partial charge in [-0.2, -0.15) is 0 Å². The van der Waals surface area contributed by atoms with Crippen molar-refractivity contribution < 1.29 is 4.42 Å². The number of tetrazole rings is 1. The highest BCUT2D eigenvalue weighted by molar-refractivity contribution is 5.54. The lowest BCUT2D eigenvalue weighted by Crippen LogP contribution is -2.02. The summed E-state index contributed by atoms with van der Waals surface area (Å²) in [7, 11) is 0. The molecule has 0 spiro atoms. The van der Waals surface area contributed by atoms with Crippen LogP contribution in [0.5, 0.6) is 0 Å². The highest BCUT2D eigenvalue weighted by Gasteiger charge is 2.04. The largest absolute Gasteiger partial charge is 0.467 e. The van der Waals surface area contributed by atoms with Gasteiger partial charge in [0.1, 0.15) is 12.1 Å². The van der Waals surface area contributed by atoms with Crippen LogP contribution >= 0.6 is 0 Å². The molecule has 0 unspecified atom stereocenters. The molecule has 3 rings (SSSR count). The van der Waals surface area contributed by atoms with Crippen molar-refractivity contribution >= 4 is 5.69 Å². The van der Waals surface area contributed by atoms with Crippen LogP contribution in [-0.2, 0) is 6.54 Å². The fraction of sp³-hybridized carbons (Fsp3) is 0.154. The first-order chi connectivity index (χ1) is 9.33. The van der Waals surface area contributed by atoms with Crippen molar-refractivity contribution in [2.45, 2.75) is 13.5 Å². The summed E-state index contributed by atoms with van der Waals surface area (Å²) in [4.78, 5) is 0. The SMILES string of the molecule is Cc1ccc(NCc2ccco2)cc1-n1cnnn1. The van der Waals surface area contributed by atoms with E-state index in [1.54, 1.807) is 17.3 Å². The molecular weight excluding hydrogens is 242 g/mol. The van der Waals surface area contributed by atoms with Crippen LogP contribution in [0.25, 0.3) is 5.69 Å². The molecule has 0 aliphatic rings. The second-order valence-electron chi connectivity index (χ2n) is 4.19. The number of benzene rings is 1. The number of nitrogens with zero attached hydrogens (tertiary/aromatic N) is 4. The Morgan fingerprint density at radius 3 is 3.00 bits per heavy atom. The number of aryl methyl sites for hydroxylation is 1. The summed E-state index contributed by atoms with van der Waals surface area (Å²) in [6.45, 7) is 2.67. The number of rotatable bonds is 4. The van der Waals surface area contributed by atoms with E-state index in [1.165, 1.54) is 0 Å². The van der Waals surface area contributed by atoms with Crippen molar-refractivity contribution in [3.8, 4) is 5.69 Å². The molecule has 96 valence electrons. The van der Waals surface area contributed by atoms with Crippen LogP contribution in [0.3, 0.4) is 0 Å². The Kier molecular flexibility index (Phi) is 2.97. The van der Waals surface area contributed by atoms with Crippen LogP contribution in [-0.4, -0.2) is 20.2 Å². The second kappa shape index (κ2) is 4.93. The number of furan rings is 1. The predicted octanol–water partition coefficient (Wildman–Crippen LogP) is 2.18. The second-order valence-corrected chi connectivity index (χ2v) is 4.19. The molecule has 2 aromatic heterocycles. The zero-order valence-electron chi connectivity index (χ0n) is 10.4. The lowest BCUT2D eigenvalue weighted by molar-refractivity contribution is 0.518. The minimum Gasteiger partial charge on any atom is -0.467 e. The molecule has 6 heteroatoms. The summed E-state index contributed by atoms with van der Waals surface area (Å²) < 4.78 is 6.93. The van der Waals surface area contributed by atoms with Gasteiger partial charge in [-0.05, 0) is 47.2 Å². The van der Waals surface area contributed by atoms with Gasteiger partial charge in [-0.3, -0.25) is 0 Å². The molecule has 19 heavy (non-hydrogen) atoms. The van der Waals surface area contributed by atoms with E-state index in [9.17, 15) is 0 Å². The lowest BCUT2D eigenvalue weighted by atomic mass is 10.2. The molecule has 0 saturated carbocycles. The van der Waals surface area contributed by atoms with Crippen LogP contribution in [0.1, 0.15) is 11.3 Å². The van der Waals surface area contributed by atoms with Gasteiger partial charge in [0.25, 0.3) is 0 Å². The van der Waals surface area contributed by atoms with Crippen LogP contribution in [0.15, 0.2) is 47.3 Å². The number of anilines is 1. The van der Waals surface area contributed by atoms with Gasteiger partial charge < -0.3 is 9.73 Å². The Morgan fingerprint density at radius 2 is 2.26 bits per heavy atom. The maximum absolute atomic E-state index is 5.28. The molecule has 1 N–H and O–H groups in total. The van der Waals surface area contributed by atoms with Crippen LogP contribution < -0.4 is 5.32 Å². The standard InChI is InChI=1S/C13H13N5O/c1-10-4-5-11(14-8-12-3-2-6-19-12)7-13(10)18-9-15-16-17-18/h2-7,9,14H,8H2,1H3. The predicted molar refractivity (Wildman–Crippen MR) is 69.9 cm³/mol. The van der Waals surface area contributed by atoms with Crippen molar-refractivity contribution in [1.29, 1.82) is 0 Å². The molecule has 0 fully saturated rings. The number of nitrogens with one attached hydrogen (secondary N) is 1. The highest BCUT2D eigenvalue weighted by atomic mass is 16.3. The van der Waals surface area contributed by atoms with E-state index in [0.29, 0.717) is 6.54 Å². The molecule has 0 aliphatic carbocycles. The fourth-order valence-electron chi connectivity index (χ4n) is 1.84. The van der Waals surface area contributed by atoms with Crippen LogP contribution in [0.4, 0.5) is 5.69 Å².